The second-order valence-corrected chi connectivity index (χ2v) is 5.38. The highest BCUT2D eigenvalue weighted by Crippen LogP contribution is 2.37. The van der Waals surface area contributed by atoms with Gasteiger partial charge in [-0.15, -0.1) is 0 Å². The maximum Gasteiger partial charge on any atom is 0.222 e. The molecule has 2 aliphatic rings. The molecule has 2 rings (SSSR count). The summed E-state index contributed by atoms with van der Waals surface area (Å²) in [4.78, 5) is 16.4. The molecule has 2 aliphatic heterocycles. The van der Waals surface area contributed by atoms with Gasteiger partial charge in [0.15, 0.2) is 0 Å². The summed E-state index contributed by atoms with van der Waals surface area (Å²) < 4.78 is 0. The quantitative estimate of drug-likeness (QED) is 0.715. The Morgan fingerprint density at radius 3 is 2.38 bits per heavy atom. The average molecular weight is 224 g/mol. The summed E-state index contributed by atoms with van der Waals surface area (Å²) in [6, 6.07) is 0. The van der Waals surface area contributed by atoms with Crippen LogP contribution >= 0.6 is 0 Å². The molecule has 2 fully saturated rings. The van der Waals surface area contributed by atoms with Crippen molar-refractivity contribution in [3.63, 3.8) is 0 Å². The Kier molecular flexibility index (Phi) is 3.53. The Morgan fingerprint density at radius 2 is 1.88 bits per heavy atom. The SMILES string of the molecule is CCCC(=O)N1CCC2(CCCN2C)CC1. The van der Waals surface area contributed by atoms with E-state index >= 15 is 0 Å². The predicted octanol–water partition coefficient (Wildman–Crippen LogP) is 1.87. The van der Waals surface area contributed by atoms with Crippen LogP contribution in [-0.4, -0.2) is 47.9 Å². The number of carbonyl (C=O) groups is 1. The van der Waals surface area contributed by atoms with Crippen LogP contribution in [0.2, 0.25) is 0 Å². The van der Waals surface area contributed by atoms with Gasteiger partial charge >= 0.3 is 0 Å². The maximum absolute atomic E-state index is 11.8. The highest BCUT2D eigenvalue weighted by molar-refractivity contribution is 5.76. The highest BCUT2D eigenvalue weighted by Gasteiger charge is 2.41. The third-order valence-corrected chi connectivity index (χ3v) is 4.46. The number of hydrogen-bond donors (Lipinski definition) is 0. The van der Waals surface area contributed by atoms with Gasteiger partial charge in [0.05, 0.1) is 0 Å². The molecule has 3 nitrogen and oxygen atoms in total. The van der Waals surface area contributed by atoms with E-state index in [2.05, 4.69) is 23.8 Å². The number of likely N-dealkylation sites (tertiary alicyclic amines) is 2. The van der Waals surface area contributed by atoms with Crippen molar-refractivity contribution in [2.75, 3.05) is 26.7 Å². The van der Waals surface area contributed by atoms with Gasteiger partial charge in [-0.3, -0.25) is 4.79 Å². The minimum atomic E-state index is 0.359. The number of carbonyl (C=O) groups excluding carboxylic acids is 1. The second kappa shape index (κ2) is 4.74. The first kappa shape index (κ1) is 11.9. The van der Waals surface area contributed by atoms with Crippen LogP contribution in [0.15, 0.2) is 0 Å². The third-order valence-electron chi connectivity index (χ3n) is 4.46. The molecule has 0 bridgehead atoms. The molecular formula is C13H24N2O. The molecule has 0 aromatic rings. The van der Waals surface area contributed by atoms with Gasteiger partial charge in [0.25, 0.3) is 0 Å². The number of piperidine rings is 1. The molecule has 0 atom stereocenters. The zero-order chi connectivity index (χ0) is 11.6. The molecule has 0 unspecified atom stereocenters. The summed E-state index contributed by atoms with van der Waals surface area (Å²) in [5.41, 5.74) is 0.434. The number of hydrogen-bond acceptors (Lipinski definition) is 2. The van der Waals surface area contributed by atoms with Gasteiger partial charge in [0.2, 0.25) is 5.91 Å². The first-order chi connectivity index (χ1) is 7.68. The normalized spacial score (nSPS) is 25.2. The Balaban J connectivity index is 1.89. The summed E-state index contributed by atoms with van der Waals surface area (Å²) in [6.07, 6.45) is 6.72. The lowest BCUT2D eigenvalue weighted by atomic mass is 9.85. The van der Waals surface area contributed by atoms with Crippen LogP contribution in [0.5, 0.6) is 0 Å². The van der Waals surface area contributed by atoms with Gasteiger partial charge < -0.3 is 9.80 Å². The van der Waals surface area contributed by atoms with Crippen LogP contribution in [0.1, 0.15) is 45.4 Å². The monoisotopic (exact) mass is 224 g/mol. The van der Waals surface area contributed by atoms with Crippen molar-refractivity contribution >= 4 is 5.91 Å². The number of nitrogens with zero attached hydrogens (tertiary/aromatic N) is 2. The van der Waals surface area contributed by atoms with Crippen molar-refractivity contribution in [1.82, 2.24) is 9.80 Å². The van der Waals surface area contributed by atoms with Crippen molar-refractivity contribution < 1.29 is 4.79 Å². The molecular weight excluding hydrogens is 200 g/mol. The van der Waals surface area contributed by atoms with Crippen LogP contribution in [0, 0.1) is 0 Å². The Hall–Kier alpha value is -0.570. The molecule has 0 aliphatic carbocycles. The first-order valence-corrected chi connectivity index (χ1v) is 6.67. The summed E-state index contributed by atoms with van der Waals surface area (Å²) in [5.74, 6) is 0.359. The van der Waals surface area contributed by atoms with E-state index in [1.807, 2.05) is 0 Å². The first-order valence-electron chi connectivity index (χ1n) is 6.67. The largest absolute Gasteiger partial charge is 0.343 e. The van der Waals surface area contributed by atoms with Crippen LogP contribution in [0.25, 0.3) is 0 Å². The van der Waals surface area contributed by atoms with Crippen LogP contribution in [-0.2, 0) is 4.79 Å². The van der Waals surface area contributed by atoms with Gasteiger partial charge in [-0.25, -0.2) is 0 Å². The minimum absolute atomic E-state index is 0.359. The van der Waals surface area contributed by atoms with E-state index < -0.39 is 0 Å². The van der Waals surface area contributed by atoms with Crippen molar-refractivity contribution in [3.05, 3.63) is 0 Å². The summed E-state index contributed by atoms with van der Waals surface area (Å²) in [6.45, 7) is 5.27. The molecule has 3 heteroatoms. The van der Waals surface area contributed by atoms with E-state index in [0.717, 1.165) is 25.9 Å². The smallest absolute Gasteiger partial charge is 0.222 e. The van der Waals surface area contributed by atoms with Crippen molar-refractivity contribution in [3.8, 4) is 0 Å². The lowest BCUT2D eigenvalue weighted by Crippen LogP contribution is -2.51. The summed E-state index contributed by atoms with van der Waals surface area (Å²) in [7, 11) is 2.25. The van der Waals surface area contributed by atoms with Gasteiger partial charge in [0, 0.05) is 25.0 Å². The lowest BCUT2D eigenvalue weighted by molar-refractivity contribution is -0.133. The zero-order valence-electron chi connectivity index (χ0n) is 10.7. The standard InChI is InChI=1S/C13H24N2O/c1-3-5-12(16)15-10-7-13(8-11-15)6-4-9-14(13)2/h3-11H2,1-2H3. The average Bonchev–Trinajstić information content (AvgIpc) is 2.62. The highest BCUT2D eigenvalue weighted by atomic mass is 16.2. The van der Waals surface area contributed by atoms with E-state index in [1.165, 1.54) is 32.2 Å². The van der Waals surface area contributed by atoms with E-state index in [9.17, 15) is 4.79 Å². The molecule has 2 saturated heterocycles. The molecule has 16 heavy (non-hydrogen) atoms. The van der Waals surface area contributed by atoms with Gasteiger partial charge in [-0.1, -0.05) is 6.92 Å². The predicted molar refractivity (Wildman–Crippen MR) is 65.3 cm³/mol. The second-order valence-electron chi connectivity index (χ2n) is 5.38. The van der Waals surface area contributed by atoms with Gasteiger partial charge in [-0.2, -0.15) is 0 Å². The third kappa shape index (κ3) is 2.10. The number of rotatable bonds is 2. The van der Waals surface area contributed by atoms with Crippen molar-refractivity contribution in [2.45, 2.75) is 51.0 Å². The van der Waals surface area contributed by atoms with Crippen LogP contribution in [0.4, 0.5) is 0 Å². The van der Waals surface area contributed by atoms with Crippen LogP contribution in [0.3, 0.4) is 0 Å². The molecule has 1 spiro atoms. The molecule has 2 heterocycles. The Bertz CT molecular complexity index is 257. The fourth-order valence-electron chi connectivity index (χ4n) is 3.25. The van der Waals surface area contributed by atoms with E-state index in [-0.39, 0.29) is 0 Å². The molecule has 1 amide bonds. The lowest BCUT2D eigenvalue weighted by Gasteiger charge is -2.43. The number of amides is 1. The minimum Gasteiger partial charge on any atom is -0.343 e. The molecule has 0 saturated carbocycles. The molecule has 0 N–H and O–H groups in total. The fraction of sp³-hybridized carbons (Fsp3) is 0.923. The topological polar surface area (TPSA) is 23.6 Å². The van der Waals surface area contributed by atoms with Crippen LogP contribution < -0.4 is 0 Å². The molecule has 0 radical (unpaired) electrons. The maximum atomic E-state index is 11.8. The fourth-order valence-corrected chi connectivity index (χ4v) is 3.25. The van der Waals surface area contributed by atoms with Gasteiger partial charge in [0.1, 0.15) is 0 Å². The van der Waals surface area contributed by atoms with Crippen molar-refractivity contribution in [2.24, 2.45) is 0 Å². The van der Waals surface area contributed by atoms with Gasteiger partial charge in [-0.05, 0) is 45.7 Å². The molecule has 92 valence electrons. The Labute approximate surface area is 98.8 Å². The summed E-state index contributed by atoms with van der Waals surface area (Å²) in [5, 5.41) is 0. The van der Waals surface area contributed by atoms with E-state index in [1.54, 1.807) is 0 Å². The summed E-state index contributed by atoms with van der Waals surface area (Å²) >= 11 is 0. The molecule has 0 aromatic carbocycles. The van der Waals surface area contributed by atoms with E-state index in [0.29, 0.717) is 11.4 Å². The van der Waals surface area contributed by atoms with Crippen molar-refractivity contribution in [1.29, 1.82) is 0 Å². The molecule has 0 aromatic heterocycles. The van der Waals surface area contributed by atoms with E-state index in [4.69, 9.17) is 0 Å². The Morgan fingerprint density at radius 1 is 1.19 bits per heavy atom. The zero-order valence-corrected chi connectivity index (χ0v) is 10.7.